The number of alkyl halides is 3. The predicted molar refractivity (Wildman–Crippen MR) is 102 cm³/mol. The summed E-state index contributed by atoms with van der Waals surface area (Å²) in [7, 11) is 1.72. The number of hydrogen-bond donors (Lipinski definition) is 0. The van der Waals surface area contributed by atoms with Crippen LogP contribution in [0.15, 0.2) is 23.0 Å². The maximum atomic E-state index is 13.8. The van der Waals surface area contributed by atoms with Crippen molar-refractivity contribution in [3.8, 4) is 0 Å². The quantitative estimate of drug-likeness (QED) is 0.636. The van der Waals surface area contributed by atoms with Gasteiger partial charge in [0.25, 0.3) is 11.6 Å². The van der Waals surface area contributed by atoms with Gasteiger partial charge in [0.2, 0.25) is 0 Å². The number of amides is 1. The molecule has 1 aliphatic rings. The molecule has 1 unspecified atom stereocenters. The van der Waals surface area contributed by atoms with Crippen molar-refractivity contribution in [2.45, 2.75) is 44.7 Å². The van der Waals surface area contributed by atoms with Crippen LogP contribution in [0.5, 0.6) is 0 Å². The van der Waals surface area contributed by atoms with Gasteiger partial charge in [-0.15, -0.1) is 0 Å². The summed E-state index contributed by atoms with van der Waals surface area (Å²) in [4.78, 5) is 18.7. The molecule has 160 valence electrons. The Morgan fingerprint density at radius 2 is 2.10 bits per heavy atom. The van der Waals surface area contributed by atoms with Crippen LogP contribution in [0.3, 0.4) is 0 Å². The number of nitrogens with zero attached hydrogens (tertiary/aromatic N) is 5. The summed E-state index contributed by atoms with van der Waals surface area (Å²) in [6.45, 7) is 4.34. The highest BCUT2D eigenvalue weighted by Gasteiger charge is 2.38. The van der Waals surface area contributed by atoms with Crippen molar-refractivity contribution < 1.29 is 22.5 Å². The van der Waals surface area contributed by atoms with Gasteiger partial charge >= 0.3 is 6.18 Å². The average Bonchev–Trinajstić information content (AvgIpc) is 3.32. The Balaban J connectivity index is 1.71. The lowest BCUT2D eigenvalue weighted by Gasteiger charge is -2.31. The Hall–Kier alpha value is -2.91. The summed E-state index contributed by atoms with van der Waals surface area (Å²) >= 11 is 0. The van der Waals surface area contributed by atoms with Crippen LogP contribution in [-0.4, -0.2) is 43.8 Å². The number of carbonyl (C=O) groups excluding carboxylic acids is 1. The normalized spacial score (nSPS) is 17.8. The molecule has 3 aromatic rings. The van der Waals surface area contributed by atoms with Crippen LogP contribution in [0, 0.1) is 0 Å². The van der Waals surface area contributed by atoms with Crippen molar-refractivity contribution in [3.63, 3.8) is 0 Å². The first kappa shape index (κ1) is 20.4. The number of halogens is 3. The highest BCUT2D eigenvalue weighted by Crippen LogP contribution is 2.40. The third kappa shape index (κ3) is 3.66. The third-order valence-electron chi connectivity index (χ3n) is 5.44. The summed E-state index contributed by atoms with van der Waals surface area (Å²) in [5, 5.41) is 7.88. The number of piperidine rings is 1. The van der Waals surface area contributed by atoms with Crippen LogP contribution in [0.25, 0.3) is 11.1 Å². The fourth-order valence-corrected chi connectivity index (χ4v) is 3.89. The molecule has 4 rings (SSSR count). The molecule has 1 amide bonds. The molecule has 30 heavy (non-hydrogen) atoms. The van der Waals surface area contributed by atoms with Gasteiger partial charge in [-0.2, -0.15) is 18.3 Å². The van der Waals surface area contributed by atoms with Crippen molar-refractivity contribution in [2.75, 3.05) is 13.1 Å². The van der Waals surface area contributed by atoms with Crippen LogP contribution in [0.1, 0.15) is 65.8 Å². The van der Waals surface area contributed by atoms with E-state index in [0.29, 0.717) is 30.6 Å². The Labute approximate surface area is 170 Å². The number of fused-ring (bicyclic) bond motifs is 1. The third-order valence-corrected chi connectivity index (χ3v) is 5.44. The maximum Gasteiger partial charge on any atom is 0.417 e. The molecule has 0 bridgehead atoms. The lowest BCUT2D eigenvalue weighted by molar-refractivity contribution is -0.136. The van der Waals surface area contributed by atoms with E-state index >= 15 is 0 Å². The summed E-state index contributed by atoms with van der Waals surface area (Å²) in [6, 6.07) is 1.08. The van der Waals surface area contributed by atoms with Gasteiger partial charge < -0.3 is 9.42 Å². The van der Waals surface area contributed by atoms with E-state index in [-0.39, 0.29) is 41.1 Å². The predicted octanol–water partition coefficient (Wildman–Crippen LogP) is 4.12. The van der Waals surface area contributed by atoms with E-state index in [1.54, 1.807) is 32.0 Å². The molecule has 0 saturated carbocycles. The Morgan fingerprint density at radius 1 is 1.33 bits per heavy atom. The fraction of sp³-hybridized carbons (Fsp3) is 0.500. The zero-order chi connectivity index (χ0) is 21.6. The Bertz CT molecular complexity index is 1090. The minimum atomic E-state index is -4.56. The van der Waals surface area contributed by atoms with E-state index in [1.165, 1.54) is 10.9 Å². The van der Waals surface area contributed by atoms with Crippen LogP contribution in [-0.2, 0) is 13.2 Å². The molecule has 0 N–H and O–H groups in total. The van der Waals surface area contributed by atoms with Crippen LogP contribution in [0.4, 0.5) is 13.2 Å². The summed E-state index contributed by atoms with van der Waals surface area (Å²) in [5.41, 5.74) is 0.0585. The lowest BCUT2D eigenvalue weighted by Crippen LogP contribution is -2.39. The maximum absolute atomic E-state index is 13.8. The molecule has 0 radical (unpaired) electrons. The molecular weight excluding hydrogens is 399 g/mol. The van der Waals surface area contributed by atoms with Gasteiger partial charge in [-0.25, -0.2) is 4.98 Å². The van der Waals surface area contributed by atoms with Crippen molar-refractivity contribution >= 4 is 17.0 Å². The lowest BCUT2D eigenvalue weighted by atomic mass is 9.91. The number of aryl methyl sites for hydroxylation is 1. The molecular formula is C20H22F3N5O2. The number of pyridine rings is 1. The Morgan fingerprint density at radius 3 is 2.73 bits per heavy atom. The first-order valence-electron chi connectivity index (χ1n) is 9.80. The molecule has 1 aliphatic heterocycles. The van der Waals surface area contributed by atoms with Crippen LogP contribution >= 0.6 is 0 Å². The zero-order valence-electron chi connectivity index (χ0n) is 16.9. The summed E-state index contributed by atoms with van der Waals surface area (Å²) < 4.78 is 48.3. The van der Waals surface area contributed by atoms with Crippen molar-refractivity contribution in [3.05, 3.63) is 41.0 Å². The second kappa shape index (κ2) is 7.41. The Kier molecular flexibility index (Phi) is 5.03. The molecule has 0 aromatic carbocycles. The van der Waals surface area contributed by atoms with E-state index in [2.05, 4.69) is 15.2 Å². The number of likely N-dealkylation sites (tertiary alicyclic amines) is 1. The number of aromatic nitrogens is 4. The van der Waals surface area contributed by atoms with Gasteiger partial charge in [0, 0.05) is 37.9 Å². The highest BCUT2D eigenvalue weighted by atomic mass is 19.4. The smallest absolute Gasteiger partial charge is 0.338 e. The minimum absolute atomic E-state index is 0.104. The van der Waals surface area contributed by atoms with Gasteiger partial charge in [-0.1, -0.05) is 19.0 Å². The molecule has 4 heterocycles. The van der Waals surface area contributed by atoms with E-state index < -0.39 is 11.7 Å². The first-order chi connectivity index (χ1) is 14.1. The topological polar surface area (TPSA) is 77.0 Å². The van der Waals surface area contributed by atoms with Crippen LogP contribution < -0.4 is 0 Å². The largest absolute Gasteiger partial charge is 0.417 e. The fourth-order valence-electron chi connectivity index (χ4n) is 3.89. The van der Waals surface area contributed by atoms with E-state index in [4.69, 9.17) is 4.52 Å². The molecule has 1 fully saturated rings. The standard InChI is InChI=1S/C20H22F3N5O2/c1-11(2)15-7-14(20(21,22)23)16-17(26-30-18(16)25-15)12-5-4-6-28(10-12)19(29)13-8-24-27(3)9-13/h7-9,11-12H,4-6,10H2,1-3H3. The number of carbonyl (C=O) groups is 1. The second-order valence-electron chi connectivity index (χ2n) is 7.99. The zero-order valence-corrected chi connectivity index (χ0v) is 16.9. The average molecular weight is 421 g/mol. The van der Waals surface area contributed by atoms with Gasteiger partial charge in [0.05, 0.1) is 28.4 Å². The number of rotatable bonds is 3. The molecule has 0 aliphatic carbocycles. The SMILES string of the molecule is CC(C)c1cc(C(F)(F)F)c2c(C3CCCN(C(=O)c4cnn(C)c4)C3)noc2n1. The summed E-state index contributed by atoms with van der Waals surface area (Å²) in [5.74, 6) is -0.753. The number of hydrogen-bond acceptors (Lipinski definition) is 5. The van der Waals surface area contributed by atoms with Crippen molar-refractivity contribution in [2.24, 2.45) is 7.05 Å². The summed E-state index contributed by atoms with van der Waals surface area (Å²) in [6.07, 6.45) is -0.191. The van der Waals surface area contributed by atoms with Crippen molar-refractivity contribution in [1.29, 1.82) is 0 Å². The molecule has 7 nitrogen and oxygen atoms in total. The van der Waals surface area contributed by atoms with E-state index in [0.717, 1.165) is 6.07 Å². The molecule has 1 atom stereocenters. The van der Waals surface area contributed by atoms with Crippen LogP contribution in [0.2, 0.25) is 0 Å². The second-order valence-corrected chi connectivity index (χ2v) is 7.99. The monoisotopic (exact) mass is 421 g/mol. The first-order valence-corrected chi connectivity index (χ1v) is 9.80. The van der Waals surface area contributed by atoms with Crippen molar-refractivity contribution in [1.82, 2.24) is 24.8 Å². The van der Waals surface area contributed by atoms with Gasteiger partial charge in [-0.05, 0) is 24.8 Å². The van der Waals surface area contributed by atoms with E-state index in [9.17, 15) is 18.0 Å². The van der Waals surface area contributed by atoms with Gasteiger partial charge in [0.1, 0.15) is 0 Å². The highest BCUT2D eigenvalue weighted by molar-refractivity contribution is 5.94. The van der Waals surface area contributed by atoms with Gasteiger partial charge in [0.15, 0.2) is 0 Å². The molecule has 3 aromatic heterocycles. The molecule has 0 spiro atoms. The van der Waals surface area contributed by atoms with Gasteiger partial charge in [-0.3, -0.25) is 9.48 Å². The minimum Gasteiger partial charge on any atom is -0.338 e. The molecule has 1 saturated heterocycles. The van der Waals surface area contributed by atoms with E-state index in [1.807, 2.05) is 0 Å². The molecule has 10 heteroatoms.